The van der Waals surface area contributed by atoms with Crippen LogP contribution in [0.2, 0.25) is 0 Å². The minimum Gasteiger partial charge on any atom is -0.505 e. The summed E-state index contributed by atoms with van der Waals surface area (Å²) in [7, 11) is 3.94. The number of rotatable bonds is 6. The van der Waals surface area contributed by atoms with Gasteiger partial charge in [0.15, 0.2) is 5.69 Å². The minimum atomic E-state index is -0.328. The lowest BCUT2D eigenvalue weighted by Crippen LogP contribution is -2.42. The molecule has 0 saturated carbocycles. The Bertz CT molecular complexity index is 409. The van der Waals surface area contributed by atoms with Crippen LogP contribution in [0.4, 0.5) is 0 Å². The van der Waals surface area contributed by atoms with Crippen LogP contribution in [-0.4, -0.2) is 47.6 Å². The van der Waals surface area contributed by atoms with Crippen LogP contribution in [-0.2, 0) is 0 Å². The predicted octanol–water partition coefficient (Wildman–Crippen LogP) is 1.49. The van der Waals surface area contributed by atoms with Gasteiger partial charge in [-0.15, -0.1) is 0 Å². The topological polar surface area (TPSA) is 65.5 Å². The summed E-state index contributed by atoms with van der Waals surface area (Å²) in [5.74, 6) is 0.0707. The molecule has 0 aromatic carbocycles. The van der Waals surface area contributed by atoms with Crippen molar-refractivity contribution in [2.75, 3.05) is 20.6 Å². The summed E-state index contributed by atoms with van der Waals surface area (Å²) in [4.78, 5) is 18.0. The van der Waals surface area contributed by atoms with E-state index >= 15 is 0 Å². The molecule has 0 aliphatic rings. The maximum absolute atomic E-state index is 12.1. The van der Waals surface area contributed by atoms with Crippen LogP contribution in [0.25, 0.3) is 0 Å². The zero-order valence-electron chi connectivity index (χ0n) is 12.1. The highest BCUT2D eigenvalue weighted by molar-refractivity contribution is 5.94. The lowest BCUT2D eigenvalue weighted by molar-refractivity contribution is 0.0916. The van der Waals surface area contributed by atoms with Gasteiger partial charge in [-0.2, -0.15) is 0 Å². The fraction of sp³-hybridized carbons (Fsp3) is 0.571. The average molecular weight is 265 g/mol. The first-order chi connectivity index (χ1) is 8.90. The number of hydrogen-bond donors (Lipinski definition) is 2. The third-order valence-corrected chi connectivity index (χ3v) is 2.68. The van der Waals surface area contributed by atoms with E-state index < -0.39 is 0 Å². The minimum absolute atomic E-state index is 0.0453. The number of aromatic hydroxyl groups is 1. The first-order valence-electron chi connectivity index (χ1n) is 6.49. The fourth-order valence-corrected chi connectivity index (χ4v) is 2.01. The average Bonchev–Trinajstić information content (AvgIpc) is 2.27. The number of nitrogens with zero attached hydrogens (tertiary/aromatic N) is 2. The first-order valence-corrected chi connectivity index (χ1v) is 6.49. The van der Waals surface area contributed by atoms with Crippen LogP contribution < -0.4 is 5.32 Å². The Balaban J connectivity index is 2.73. The molecule has 1 aromatic heterocycles. The van der Waals surface area contributed by atoms with Gasteiger partial charge in [-0.1, -0.05) is 13.8 Å². The predicted molar refractivity (Wildman–Crippen MR) is 75.2 cm³/mol. The molecule has 106 valence electrons. The standard InChI is InChI=1S/C14H23N3O2/c1-10(2)8-11(9-17(3)4)16-14(19)13-12(18)6-5-7-15-13/h5-7,10-11,18H,8-9H2,1-4H3,(H,16,19). The van der Waals surface area contributed by atoms with E-state index in [0.717, 1.165) is 13.0 Å². The van der Waals surface area contributed by atoms with Gasteiger partial charge in [0.05, 0.1) is 0 Å². The Labute approximate surface area is 114 Å². The molecule has 1 amide bonds. The summed E-state index contributed by atoms with van der Waals surface area (Å²) in [6.45, 7) is 5.00. The van der Waals surface area contributed by atoms with Crippen LogP contribution in [0.15, 0.2) is 18.3 Å². The summed E-state index contributed by atoms with van der Waals surface area (Å²) < 4.78 is 0. The Hall–Kier alpha value is -1.62. The van der Waals surface area contributed by atoms with Crippen molar-refractivity contribution in [1.29, 1.82) is 0 Å². The van der Waals surface area contributed by atoms with Crippen molar-refractivity contribution in [3.8, 4) is 5.75 Å². The highest BCUT2D eigenvalue weighted by Gasteiger charge is 2.18. The maximum atomic E-state index is 12.1. The quantitative estimate of drug-likeness (QED) is 0.818. The molecule has 2 N–H and O–H groups in total. The summed E-state index contributed by atoms with van der Waals surface area (Å²) in [6.07, 6.45) is 2.38. The van der Waals surface area contributed by atoms with Crippen molar-refractivity contribution in [2.24, 2.45) is 5.92 Å². The monoisotopic (exact) mass is 265 g/mol. The van der Waals surface area contributed by atoms with Crippen LogP contribution >= 0.6 is 0 Å². The Morgan fingerprint density at radius 2 is 2.16 bits per heavy atom. The Morgan fingerprint density at radius 1 is 1.47 bits per heavy atom. The van der Waals surface area contributed by atoms with Gasteiger partial charge >= 0.3 is 0 Å². The maximum Gasteiger partial charge on any atom is 0.273 e. The normalized spacial score (nSPS) is 12.7. The van der Waals surface area contributed by atoms with Gasteiger partial charge < -0.3 is 15.3 Å². The van der Waals surface area contributed by atoms with Gasteiger partial charge in [0.1, 0.15) is 5.75 Å². The molecule has 1 aromatic rings. The second-order valence-electron chi connectivity index (χ2n) is 5.43. The molecular weight excluding hydrogens is 242 g/mol. The number of carbonyl (C=O) groups is 1. The van der Waals surface area contributed by atoms with Crippen LogP contribution in [0.5, 0.6) is 5.75 Å². The van der Waals surface area contributed by atoms with E-state index in [4.69, 9.17) is 0 Å². The SMILES string of the molecule is CC(C)CC(CN(C)C)NC(=O)c1ncccc1O. The largest absolute Gasteiger partial charge is 0.505 e. The molecule has 0 aliphatic heterocycles. The van der Waals surface area contributed by atoms with Crippen molar-refractivity contribution in [1.82, 2.24) is 15.2 Å². The van der Waals surface area contributed by atoms with Gasteiger partial charge in [-0.3, -0.25) is 4.79 Å². The van der Waals surface area contributed by atoms with Crippen molar-refractivity contribution in [2.45, 2.75) is 26.3 Å². The van der Waals surface area contributed by atoms with E-state index in [1.54, 1.807) is 6.07 Å². The molecule has 1 rings (SSSR count). The van der Waals surface area contributed by atoms with E-state index in [0.29, 0.717) is 5.92 Å². The Kier molecular flexibility index (Phi) is 5.76. The van der Waals surface area contributed by atoms with E-state index in [9.17, 15) is 9.90 Å². The van der Waals surface area contributed by atoms with Crippen molar-refractivity contribution >= 4 is 5.91 Å². The molecule has 5 nitrogen and oxygen atoms in total. The number of hydrogen-bond acceptors (Lipinski definition) is 4. The molecule has 0 radical (unpaired) electrons. The van der Waals surface area contributed by atoms with Gasteiger partial charge in [0.2, 0.25) is 0 Å². The second kappa shape index (κ2) is 7.09. The number of aromatic nitrogens is 1. The van der Waals surface area contributed by atoms with E-state index in [1.165, 1.54) is 12.3 Å². The van der Waals surface area contributed by atoms with Crippen LogP contribution in [0, 0.1) is 5.92 Å². The molecule has 0 bridgehead atoms. The van der Waals surface area contributed by atoms with Crippen molar-refractivity contribution in [3.05, 3.63) is 24.0 Å². The third kappa shape index (κ3) is 5.26. The number of amides is 1. The summed E-state index contributed by atoms with van der Waals surface area (Å²) in [5, 5.41) is 12.6. The van der Waals surface area contributed by atoms with Gasteiger partial charge in [0, 0.05) is 18.8 Å². The zero-order valence-corrected chi connectivity index (χ0v) is 12.1. The molecule has 1 unspecified atom stereocenters. The molecule has 0 fully saturated rings. The first kappa shape index (κ1) is 15.4. The number of nitrogens with one attached hydrogen (secondary N) is 1. The Morgan fingerprint density at radius 3 is 2.68 bits per heavy atom. The summed E-state index contributed by atoms with van der Waals surface area (Å²) >= 11 is 0. The molecule has 19 heavy (non-hydrogen) atoms. The molecular formula is C14H23N3O2. The zero-order chi connectivity index (χ0) is 14.4. The number of carbonyl (C=O) groups excluding carboxylic acids is 1. The fourth-order valence-electron chi connectivity index (χ4n) is 2.01. The summed E-state index contributed by atoms with van der Waals surface area (Å²) in [6, 6.07) is 3.10. The molecule has 0 aliphatic carbocycles. The van der Waals surface area contributed by atoms with Crippen LogP contribution in [0.1, 0.15) is 30.8 Å². The third-order valence-electron chi connectivity index (χ3n) is 2.68. The number of pyridine rings is 1. The van der Waals surface area contributed by atoms with E-state index in [1.807, 2.05) is 19.0 Å². The molecule has 0 saturated heterocycles. The lowest BCUT2D eigenvalue weighted by atomic mass is 10.0. The highest BCUT2D eigenvalue weighted by Crippen LogP contribution is 2.13. The summed E-state index contributed by atoms with van der Waals surface area (Å²) in [5.41, 5.74) is 0.0787. The van der Waals surface area contributed by atoms with E-state index in [-0.39, 0.29) is 23.4 Å². The van der Waals surface area contributed by atoms with Crippen molar-refractivity contribution < 1.29 is 9.90 Å². The molecule has 0 spiro atoms. The molecule has 5 heteroatoms. The number of likely N-dealkylation sites (N-methyl/N-ethyl adjacent to an activating group) is 1. The molecule has 1 atom stereocenters. The second-order valence-corrected chi connectivity index (χ2v) is 5.43. The van der Waals surface area contributed by atoms with Gasteiger partial charge in [0.25, 0.3) is 5.91 Å². The van der Waals surface area contributed by atoms with Gasteiger partial charge in [-0.25, -0.2) is 4.98 Å². The van der Waals surface area contributed by atoms with Crippen molar-refractivity contribution in [3.63, 3.8) is 0 Å². The van der Waals surface area contributed by atoms with Crippen LogP contribution in [0.3, 0.4) is 0 Å². The highest BCUT2D eigenvalue weighted by atomic mass is 16.3. The lowest BCUT2D eigenvalue weighted by Gasteiger charge is -2.23. The van der Waals surface area contributed by atoms with Gasteiger partial charge in [-0.05, 0) is 38.6 Å². The van der Waals surface area contributed by atoms with E-state index in [2.05, 4.69) is 24.1 Å². The molecule has 1 heterocycles. The smallest absolute Gasteiger partial charge is 0.273 e.